The molecule has 0 aliphatic carbocycles. The molecule has 0 spiro atoms. The smallest absolute Gasteiger partial charge is 0.308 e. The molecule has 0 radical (unpaired) electrons. The van der Waals surface area contributed by atoms with Crippen LogP contribution in [0.1, 0.15) is 26.7 Å². The number of nitrogens with zero attached hydrogens (tertiary/aromatic N) is 2. The molecule has 1 amide bonds. The maximum absolute atomic E-state index is 11.8. The SMILES string of the molecule is CN(C)C(C)(C)CN1CC(C(=O)O)CCC1=O. The summed E-state index contributed by atoms with van der Waals surface area (Å²) in [6, 6.07) is 0. The van der Waals surface area contributed by atoms with Crippen molar-refractivity contribution in [3.05, 3.63) is 0 Å². The molecule has 1 aliphatic heterocycles. The summed E-state index contributed by atoms with van der Waals surface area (Å²) in [5.74, 6) is -1.15. The number of amides is 1. The maximum atomic E-state index is 11.8. The Balaban J connectivity index is 2.68. The minimum Gasteiger partial charge on any atom is -0.481 e. The van der Waals surface area contributed by atoms with Gasteiger partial charge in [0.25, 0.3) is 0 Å². The van der Waals surface area contributed by atoms with Crippen molar-refractivity contribution in [2.75, 3.05) is 27.2 Å². The fourth-order valence-electron chi connectivity index (χ4n) is 1.88. The third-order valence-corrected chi connectivity index (χ3v) is 3.64. The van der Waals surface area contributed by atoms with E-state index in [4.69, 9.17) is 5.11 Å². The number of carboxylic acid groups (broad SMARTS) is 1. The second kappa shape index (κ2) is 5.04. The highest BCUT2D eigenvalue weighted by Gasteiger charge is 2.33. The second-order valence-corrected chi connectivity index (χ2v) is 5.55. The number of hydrogen-bond donors (Lipinski definition) is 1. The van der Waals surface area contributed by atoms with Gasteiger partial charge in [-0.2, -0.15) is 0 Å². The molecule has 1 N–H and O–H groups in total. The van der Waals surface area contributed by atoms with E-state index in [9.17, 15) is 9.59 Å². The van der Waals surface area contributed by atoms with E-state index in [0.29, 0.717) is 25.9 Å². The van der Waals surface area contributed by atoms with Crippen molar-refractivity contribution in [3.63, 3.8) is 0 Å². The molecule has 0 aromatic rings. The first-order valence-electron chi connectivity index (χ1n) is 5.92. The molecule has 0 saturated carbocycles. The van der Waals surface area contributed by atoms with Gasteiger partial charge < -0.3 is 14.9 Å². The van der Waals surface area contributed by atoms with Gasteiger partial charge in [0, 0.05) is 25.0 Å². The van der Waals surface area contributed by atoms with Gasteiger partial charge in [-0.1, -0.05) is 0 Å². The van der Waals surface area contributed by atoms with Crippen LogP contribution >= 0.6 is 0 Å². The van der Waals surface area contributed by atoms with E-state index in [0.717, 1.165) is 0 Å². The van der Waals surface area contributed by atoms with Crippen LogP contribution in [0.25, 0.3) is 0 Å². The van der Waals surface area contributed by atoms with E-state index in [2.05, 4.69) is 0 Å². The van der Waals surface area contributed by atoms with Gasteiger partial charge in [-0.15, -0.1) is 0 Å². The van der Waals surface area contributed by atoms with E-state index in [1.54, 1.807) is 4.90 Å². The monoisotopic (exact) mass is 242 g/mol. The van der Waals surface area contributed by atoms with Gasteiger partial charge in [0.2, 0.25) is 5.91 Å². The molecule has 1 aliphatic rings. The molecule has 5 heteroatoms. The van der Waals surface area contributed by atoms with Crippen LogP contribution < -0.4 is 0 Å². The van der Waals surface area contributed by atoms with Crippen molar-refractivity contribution in [2.24, 2.45) is 5.92 Å². The number of rotatable bonds is 4. The number of aliphatic carboxylic acids is 1. The lowest BCUT2D eigenvalue weighted by Gasteiger charge is -2.40. The molecular formula is C12H22N2O3. The third-order valence-electron chi connectivity index (χ3n) is 3.64. The van der Waals surface area contributed by atoms with E-state index < -0.39 is 11.9 Å². The van der Waals surface area contributed by atoms with Gasteiger partial charge in [0.1, 0.15) is 0 Å². The molecule has 1 atom stereocenters. The van der Waals surface area contributed by atoms with Crippen LogP contribution in [0, 0.1) is 5.92 Å². The second-order valence-electron chi connectivity index (χ2n) is 5.55. The number of likely N-dealkylation sites (N-methyl/N-ethyl adjacent to an activating group) is 1. The minimum absolute atomic E-state index is 0.0671. The van der Waals surface area contributed by atoms with E-state index in [1.165, 1.54) is 0 Å². The van der Waals surface area contributed by atoms with Gasteiger partial charge in [-0.05, 0) is 34.4 Å². The van der Waals surface area contributed by atoms with Crippen molar-refractivity contribution in [3.8, 4) is 0 Å². The van der Waals surface area contributed by atoms with Crippen molar-refractivity contribution in [1.82, 2.24) is 9.80 Å². The average molecular weight is 242 g/mol. The molecule has 1 fully saturated rings. The molecule has 1 heterocycles. The summed E-state index contributed by atoms with van der Waals surface area (Å²) in [5.41, 5.74) is -0.143. The average Bonchev–Trinajstić information content (AvgIpc) is 2.20. The van der Waals surface area contributed by atoms with Crippen LogP contribution in [-0.2, 0) is 9.59 Å². The molecule has 1 rings (SSSR count). The molecule has 0 aromatic carbocycles. The molecule has 5 nitrogen and oxygen atoms in total. The van der Waals surface area contributed by atoms with Crippen molar-refractivity contribution >= 4 is 11.9 Å². The van der Waals surface area contributed by atoms with E-state index in [-0.39, 0.29) is 11.4 Å². The lowest BCUT2D eigenvalue weighted by Crippen LogP contribution is -2.53. The zero-order valence-corrected chi connectivity index (χ0v) is 11.1. The lowest BCUT2D eigenvalue weighted by molar-refractivity contribution is -0.148. The quantitative estimate of drug-likeness (QED) is 0.786. The molecular weight excluding hydrogens is 220 g/mol. The number of likely N-dealkylation sites (tertiary alicyclic amines) is 1. The summed E-state index contributed by atoms with van der Waals surface area (Å²) in [7, 11) is 3.92. The Labute approximate surface area is 102 Å². The van der Waals surface area contributed by atoms with Crippen LogP contribution in [0.3, 0.4) is 0 Å². The van der Waals surface area contributed by atoms with Crippen LogP contribution in [-0.4, -0.2) is 59.5 Å². The number of carbonyl (C=O) groups is 2. The topological polar surface area (TPSA) is 60.9 Å². The van der Waals surface area contributed by atoms with Gasteiger partial charge in [-0.3, -0.25) is 9.59 Å². The highest BCUT2D eigenvalue weighted by molar-refractivity contribution is 5.80. The van der Waals surface area contributed by atoms with Gasteiger partial charge in [0.15, 0.2) is 0 Å². The number of piperidine rings is 1. The van der Waals surface area contributed by atoms with Crippen molar-refractivity contribution in [1.29, 1.82) is 0 Å². The highest BCUT2D eigenvalue weighted by atomic mass is 16.4. The molecule has 0 aromatic heterocycles. The number of hydrogen-bond acceptors (Lipinski definition) is 3. The molecule has 0 bridgehead atoms. The molecule has 17 heavy (non-hydrogen) atoms. The number of carbonyl (C=O) groups excluding carboxylic acids is 1. The fourth-order valence-corrected chi connectivity index (χ4v) is 1.88. The zero-order chi connectivity index (χ0) is 13.2. The largest absolute Gasteiger partial charge is 0.481 e. The molecule has 1 saturated heterocycles. The van der Waals surface area contributed by atoms with Crippen molar-refractivity contribution in [2.45, 2.75) is 32.2 Å². The lowest BCUT2D eigenvalue weighted by atomic mass is 9.95. The van der Waals surface area contributed by atoms with Gasteiger partial charge in [0.05, 0.1) is 5.92 Å². The van der Waals surface area contributed by atoms with Gasteiger partial charge >= 0.3 is 5.97 Å². The minimum atomic E-state index is -0.801. The Morgan fingerprint density at radius 2 is 2.12 bits per heavy atom. The first kappa shape index (κ1) is 14.0. The predicted molar refractivity (Wildman–Crippen MR) is 64.7 cm³/mol. The Hall–Kier alpha value is -1.10. The van der Waals surface area contributed by atoms with Crippen LogP contribution in [0.4, 0.5) is 0 Å². The molecule has 98 valence electrons. The summed E-state index contributed by atoms with van der Waals surface area (Å²) in [6.45, 7) is 5.00. The van der Waals surface area contributed by atoms with Crippen LogP contribution in [0.5, 0.6) is 0 Å². The summed E-state index contributed by atoms with van der Waals surface area (Å²) in [5, 5.41) is 9.00. The van der Waals surface area contributed by atoms with E-state index >= 15 is 0 Å². The predicted octanol–water partition coefficient (Wildman–Crippen LogP) is 0.650. The zero-order valence-electron chi connectivity index (χ0n) is 11.1. The van der Waals surface area contributed by atoms with Gasteiger partial charge in [-0.25, -0.2) is 0 Å². The Bertz CT molecular complexity index is 313. The number of carboxylic acids is 1. The first-order valence-corrected chi connectivity index (χ1v) is 5.92. The van der Waals surface area contributed by atoms with Crippen molar-refractivity contribution < 1.29 is 14.7 Å². The summed E-state index contributed by atoms with van der Waals surface area (Å²) >= 11 is 0. The summed E-state index contributed by atoms with van der Waals surface area (Å²) in [4.78, 5) is 26.5. The normalized spacial score (nSPS) is 22.1. The fraction of sp³-hybridized carbons (Fsp3) is 0.833. The van der Waals surface area contributed by atoms with Crippen LogP contribution in [0.2, 0.25) is 0 Å². The summed E-state index contributed by atoms with van der Waals surface area (Å²) < 4.78 is 0. The first-order chi connectivity index (χ1) is 7.74. The Morgan fingerprint density at radius 3 is 2.59 bits per heavy atom. The Kier molecular flexibility index (Phi) is 4.14. The molecule has 1 unspecified atom stereocenters. The highest BCUT2D eigenvalue weighted by Crippen LogP contribution is 2.21. The van der Waals surface area contributed by atoms with Crippen LogP contribution in [0.15, 0.2) is 0 Å². The standard InChI is InChI=1S/C12H22N2O3/c1-12(2,13(3)4)8-14-7-9(11(16)17)5-6-10(14)15/h9H,5-8H2,1-4H3,(H,16,17). The van der Waals surface area contributed by atoms with E-state index in [1.807, 2.05) is 32.8 Å². The Morgan fingerprint density at radius 1 is 1.53 bits per heavy atom. The maximum Gasteiger partial charge on any atom is 0.308 e. The summed E-state index contributed by atoms with van der Waals surface area (Å²) in [6.07, 6.45) is 0.813. The third kappa shape index (κ3) is 3.43.